The van der Waals surface area contributed by atoms with E-state index in [-0.39, 0.29) is 0 Å². The summed E-state index contributed by atoms with van der Waals surface area (Å²) in [5, 5.41) is 4.89. The minimum Gasteiger partial charge on any atom is -0.456 e. The van der Waals surface area contributed by atoms with Crippen LogP contribution in [0.3, 0.4) is 0 Å². The standard InChI is InChI=1S/C50H38N2O/c1-31-33(3)50(34(4)32(2)48(31)36-25-28-45-43(29-36)40-21-11-12-23-44(40)52(45)38-19-9-6-10-20-38)51(37-17-7-5-8-18-37)39-26-27-41-42-22-13-15-35-16-14-24-46(49(35)42)53-47(41)30-39/h5-30H,1-4H3. The Morgan fingerprint density at radius 3 is 1.92 bits per heavy atom. The molecule has 1 aliphatic heterocycles. The van der Waals surface area contributed by atoms with Gasteiger partial charge in [0, 0.05) is 44.9 Å². The van der Waals surface area contributed by atoms with Gasteiger partial charge in [-0.05, 0) is 133 Å². The summed E-state index contributed by atoms with van der Waals surface area (Å²) >= 11 is 0. The summed E-state index contributed by atoms with van der Waals surface area (Å²) in [4.78, 5) is 2.41. The lowest BCUT2D eigenvalue weighted by Gasteiger charge is -2.32. The summed E-state index contributed by atoms with van der Waals surface area (Å²) < 4.78 is 9.05. The van der Waals surface area contributed by atoms with E-state index in [0.29, 0.717) is 0 Å². The number of fused-ring (bicyclic) bond motifs is 5. The van der Waals surface area contributed by atoms with Crippen LogP contribution in [0.15, 0.2) is 158 Å². The highest BCUT2D eigenvalue weighted by Crippen LogP contribution is 2.50. The minimum atomic E-state index is 0.873. The molecule has 0 bridgehead atoms. The van der Waals surface area contributed by atoms with Gasteiger partial charge in [-0.25, -0.2) is 0 Å². The van der Waals surface area contributed by atoms with E-state index in [1.165, 1.54) is 82.9 Å². The van der Waals surface area contributed by atoms with Gasteiger partial charge >= 0.3 is 0 Å². The lowest BCUT2D eigenvalue weighted by Crippen LogP contribution is -2.15. The molecule has 9 aromatic rings. The first kappa shape index (κ1) is 31.2. The molecule has 0 atom stereocenters. The molecule has 254 valence electrons. The maximum atomic E-state index is 6.66. The Morgan fingerprint density at radius 1 is 0.472 bits per heavy atom. The van der Waals surface area contributed by atoms with E-state index in [9.17, 15) is 0 Å². The first-order valence-corrected chi connectivity index (χ1v) is 18.4. The molecule has 1 aromatic heterocycles. The van der Waals surface area contributed by atoms with Gasteiger partial charge in [0.05, 0.1) is 16.7 Å². The van der Waals surface area contributed by atoms with Crippen molar-refractivity contribution in [3.63, 3.8) is 0 Å². The highest BCUT2D eigenvalue weighted by Gasteiger charge is 2.26. The fraction of sp³-hybridized carbons (Fsp3) is 0.0800. The molecule has 53 heavy (non-hydrogen) atoms. The molecule has 8 aromatic carbocycles. The summed E-state index contributed by atoms with van der Waals surface area (Å²) in [5.41, 5.74) is 16.9. The number of hydrogen-bond donors (Lipinski definition) is 0. The van der Waals surface area contributed by atoms with Crippen molar-refractivity contribution in [1.82, 2.24) is 4.57 Å². The first-order valence-electron chi connectivity index (χ1n) is 18.4. The van der Waals surface area contributed by atoms with E-state index in [1.807, 2.05) is 0 Å². The number of para-hydroxylation sites is 3. The third-order valence-electron chi connectivity index (χ3n) is 11.4. The molecule has 1 aliphatic rings. The molecule has 3 nitrogen and oxygen atoms in total. The van der Waals surface area contributed by atoms with Crippen LogP contribution in [0.25, 0.3) is 60.5 Å². The van der Waals surface area contributed by atoms with Crippen molar-refractivity contribution in [2.24, 2.45) is 0 Å². The second-order valence-corrected chi connectivity index (χ2v) is 14.3. The molecule has 3 heteroatoms. The fourth-order valence-corrected chi connectivity index (χ4v) is 8.72. The van der Waals surface area contributed by atoms with Crippen LogP contribution in [0.2, 0.25) is 0 Å². The summed E-state index contributed by atoms with van der Waals surface area (Å²) in [6.45, 7) is 9.13. The van der Waals surface area contributed by atoms with Crippen molar-refractivity contribution in [2.45, 2.75) is 27.7 Å². The van der Waals surface area contributed by atoms with Crippen LogP contribution < -0.4 is 9.64 Å². The van der Waals surface area contributed by atoms with E-state index in [2.05, 4.69) is 195 Å². The number of ether oxygens (including phenoxy) is 1. The zero-order valence-electron chi connectivity index (χ0n) is 30.3. The van der Waals surface area contributed by atoms with Gasteiger partial charge in [0.1, 0.15) is 11.5 Å². The molecular weight excluding hydrogens is 645 g/mol. The van der Waals surface area contributed by atoms with E-state index in [4.69, 9.17) is 4.74 Å². The summed E-state index contributed by atoms with van der Waals surface area (Å²) in [5.74, 6) is 1.78. The third-order valence-corrected chi connectivity index (χ3v) is 11.4. The van der Waals surface area contributed by atoms with Gasteiger partial charge < -0.3 is 14.2 Å². The monoisotopic (exact) mass is 682 g/mol. The lowest BCUT2D eigenvalue weighted by molar-refractivity contribution is 0.487. The van der Waals surface area contributed by atoms with Crippen molar-refractivity contribution in [2.75, 3.05) is 4.90 Å². The minimum absolute atomic E-state index is 0.873. The molecule has 0 N–H and O–H groups in total. The maximum Gasteiger partial charge on any atom is 0.137 e. The second kappa shape index (κ2) is 12.0. The van der Waals surface area contributed by atoms with Crippen molar-refractivity contribution < 1.29 is 4.74 Å². The highest BCUT2D eigenvalue weighted by molar-refractivity contribution is 6.11. The normalized spacial score (nSPS) is 11.9. The average Bonchev–Trinajstić information content (AvgIpc) is 3.53. The Bertz CT molecular complexity index is 2870. The fourth-order valence-electron chi connectivity index (χ4n) is 8.72. The average molecular weight is 683 g/mol. The molecule has 0 saturated carbocycles. The molecule has 0 saturated heterocycles. The summed E-state index contributed by atoms with van der Waals surface area (Å²) in [6.07, 6.45) is 0. The van der Waals surface area contributed by atoms with E-state index in [0.717, 1.165) is 28.4 Å². The summed E-state index contributed by atoms with van der Waals surface area (Å²) in [7, 11) is 0. The molecule has 0 fully saturated rings. The van der Waals surface area contributed by atoms with Gasteiger partial charge in [-0.1, -0.05) is 91.0 Å². The number of anilines is 3. The number of aromatic nitrogens is 1. The lowest BCUT2D eigenvalue weighted by atomic mass is 9.87. The predicted molar refractivity (Wildman–Crippen MR) is 223 cm³/mol. The SMILES string of the molecule is Cc1c(C)c(N(c2ccccc2)c2ccc3c(c2)Oc2cccc4cccc-3c24)c(C)c(C)c1-c1ccc2c(c1)c1ccccc1n2-c1ccccc1. The molecule has 0 unspecified atom stereocenters. The van der Waals surface area contributed by atoms with Gasteiger partial charge in [-0.3, -0.25) is 0 Å². The smallest absolute Gasteiger partial charge is 0.137 e. The van der Waals surface area contributed by atoms with Gasteiger partial charge in [-0.15, -0.1) is 0 Å². The van der Waals surface area contributed by atoms with Crippen LogP contribution in [0.5, 0.6) is 11.5 Å². The maximum absolute atomic E-state index is 6.66. The van der Waals surface area contributed by atoms with Gasteiger partial charge in [0.15, 0.2) is 0 Å². The molecule has 10 rings (SSSR count). The zero-order valence-corrected chi connectivity index (χ0v) is 30.3. The van der Waals surface area contributed by atoms with Crippen LogP contribution in [0.4, 0.5) is 17.1 Å². The highest BCUT2D eigenvalue weighted by atomic mass is 16.5. The Labute approximate surface area is 310 Å². The predicted octanol–water partition coefficient (Wildman–Crippen LogP) is 14.1. The molecule has 0 amide bonds. The molecule has 2 heterocycles. The first-order chi connectivity index (χ1) is 26.0. The Morgan fingerprint density at radius 2 is 1.15 bits per heavy atom. The van der Waals surface area contributed by atoms with Crippen molar-refractivity contribution in [3.05, 3.63) is 180 Å². The zero-order chi connectivity index (χ0) is 35.8. The Hall–Kier alpha value is -6.58. The van der Waals surface area contributed by atoms with E-state index < -0.39 is 0 Å². The Balaban J connectivity index is 1.14. The van der Waals surface area contributed by atoms with Crippen LogP contribution in [0, 0.1) is 27.7 Å². The molecule has 0 aliphatic carbocycles. The van der Waals surface area contributed by atoms with Crippen molar-refractivity contribution in [3.8, 4) is 39.4 Å². The van der Waals surface area contributed by atoms with E-state index >= 15 is 0 Å². The van der Waals surface area contributed by atoms with Crippen molar-refractivity contribution in [1.29, 1.82) is 0 Å². The van der Waals surface area contributed by atoms with E-state index in [1.54, 1.807) is 0 Å². The Kier molecular flexibility index (Phi) is 7.06. The topological polar surface area (TPSA) is 17.4 Å². The largest absolute Gasteiger partial charge is 0.456 e. The van der Waals surface area contributed by atoms with Gasteiger partial charge in [0.2, 0.25) is 0 Å². The molecular formula is C50H38N2O. The van der Waals surface area contributed by atoms with Crippen LogP contribution in [-0.2, 0) is 0 Å². The number of hydrogen-bond acceptors (Lipinski definition) is 2. The number of benzene rings is 8. The van der Waals surface area contributed by atoms with Crippen LogP contribution >= 0.6 is 0 Å². The number of nitrogens with zero attached hydrogens (tertiary/aromatic N) is 2. The van der Waals surface area contributed by atoms with Crippen molar-refractivity contribution >= 4 is 49.6 Å². The quantitative estimate of drug-likeness (QED) is 0.180. The van der Waals surface area contributed by atoms with Gasteiger partial charge in [0.25, 0.3) is 0 Å². The van der Waals surface area contributed by atoms with Gasteiger partial charge in [-0.2, -0.15) is 0 Å². The van der Waals surface area contributed by atoms with Crippen LogP contribution in [-0.4, -0.2) is 4.57 Å². The third kappa shape index (κ3) is 4.74. The second-order valence-electron chi connectivity index (χ2n) is 14.3. The van der Waals surface area contributed by atoms with Crippen LogP contribution in [0.1, 0.15) is 22.3 Å². The molecule has 0 spiro atoms. The summed E-state index contributed by atoms with van der Waals surface area (Å²) in [6, 6.07) is 56.7. The molecule has 0 radical (unpaired) electrons. The number of rotatable bonds is 5.